The molecule has 6 heterocycles. The van der Waals surface area contributed by atoms with Crippen LogP contribution in [0.2, 0.25) is 0 Å². The van der Waals surface area contributed by atoms with Gasteiger partial charge in [0.05, 0.1) is 55.8 Å². The summed E-state index contributed by atoms with van der Waals surface area (Å²) in [5.41, 5.74) is -2.96. The number of halogens is 12. The van der Waals surface area contributed by atoms with Crippen LogP contribution >= 0.6 is 11.8 Å². The highest BCUT2D eigenvalue weighted by atomic mass is 32.2. The van der Waals surface area contributed by atoms with Gasteiger partial charge in [-0.05, 0) is 72.4 Å². The van der Waals surface area contributed by atoms with Crippen LogP contribution in [-0.2, 0) is 24.7 Å². The smallest absolute Gasteiger partial charge is 0.239 e. The topological polar surface area (TPSA) is 86.2 Å². The second kappa shape index (κ2) is 14.1. The maximum absolute atomic E-state index is 13.6. The van der Waals surface area contributed by atoms with Gasteiger partial charge in [-0.25, -0.2) is 29.0 Å². The number of rotatable bonds is 6. The van der Waals surface area contributed by atoms with Crippen molar-refractivity contribution in [3.63, 3.8) is 0 Å². The maximum atomic E-state index is 13.6. The fraction of sp³-hybridized carbons (Fsp3) is 0.105. The lowest BCUT2D eigenvalue weighted by Crippen LogP contribution is -2.06. The lowest BCUT2D eigenvalue weighted by Gasteiger charge is -2.09. The van der Waals surface area contributed by atoms with E-state index in [2.05, 4.69) is 30.1 Å². The molecule has 0 aliphatic carbocycles. The Kier molecular flexibility index (Phi) is 9.40. The summed E-state index contributed by atoms with van der Waals surface area (Å²) in [5.74, 6) is 0. The highest BCUT2D eigenvalue weighted by Crippen LogP contribution is 2.41. The number of fused-ring (bicyclic) bond motifs is 2. The van der Waals surface area contributed by atoms with Crippen molar-refractivity contribution in [1.29, 1.82) is 0 Å². The zero-order valence-corrected chi connectivity index (χ0v) is 29.7. The molecule has 0 unspecified atom stereocenters. The Morgan fingerprint density at radius 3 is 1.08 bits per heavy atom. The van der Waals surface area contributed by atoms with E-state index < -0.39 is 47.0 Å². The van der Waals surface area contributed by atoms with Crippen LogP contribution in [0.3, 0.4) is 0 Å². The molecular formula is C38H18F12N8S. The molecule has 2 aromatic carbocycles. The third-order valence-corrected chi connectivity index (χ3v) is 9.61. The van der Waals surface area contributed by atoms with Crippen LogP contribution < -0.4 is 0 Å². The van der Waals surface area contributed by atoms with E-state index in [1.165, 1.54) is 24.5 Å². The quantitative estimate of drug-likeness (QED) is 0.122. The summed E-state index contributed by atoms with van der Waals surface area (Å²) < 4.78 is 164. The van der Waals surface area contributed by atoms with Crippen molar-refractivity contribution in [3.8, 4) is 45.0 Å². The molecule has 8 nitrogen and oxygen atoms in total. The van der Waals surface area contributed by atoms with Gasteiger partial charge >= 0.3 is 24.7 Å². The lowest BCUT2D eigenvalue weighted by molar-refractivity contribution is -0.138. The van der Waals surface area contributed by atoms with E-state index in [0.717, 1.165) is 106 Å². The molecule has 0 spiro atoms. The zero-order valence-electron chi connectivity index (χ0n) is 28.9. The second-order valence-electron chi connectivity index (χ2n) is 12.6. The van der Waals surface area contributed by atoms with Gasteiger partial charge in [-0.1, -0.05) is 24.3 Å². The van der Waals surface area contributed by atoms with Crippen LogP contribution in [0.4, 0.5) is 52.7 Å². The summed E-state index contributed by atoms with van der Waals surface area (Å²) >= 11 is 0.799. The molecule has 0 N–H and O–H groups in total. The predicted molar refractivity (Wildman–Crippen MR) is 187 cm³/mol. The Bertz CT molecular complexity index is 2670. The lowest BCUT2D eigenvalue weighted by atomic mass is 10.0. The summed E-state index contributed by atoms with van der Waals surface area (Å²) in [6.07, 6.45) is -14.7. The minimum absolute atomic E-state index is 0.00325. The number of alkyl halides is 12. The fourth-order valence-electron chi connectivity index (χ4n) is 6.12. The highest BCUT2D eigenvalue weighted by molar-refractivity contribution is 7.99. The van der Waals surface area contributed by atoms with Gasteiger partial charge in [0.25, 0.3) is 0 Å². The van der Waals surface area contributed by atoms with Crippen molar-refractivity contribution in [2.75, 3.05) is 0 Å². The standard InChI is InChI=1S/C38H18F12N8S/c39-35(40,41)21-5-1-19(2-6-21)31-29(27-11-9-23(37(45,46)47)17-57(27)55-31)25-13-15-51-33(53-25)59-34-52-16-14-26(54-34)30-28-12-10-24(38(48,49)50)18-58(28)56-32(30)20-3-7-22(8-4-20)36(42,43)44/h1-18H. The van der Waals surface area contributed by atoms with Gasteiger partial charge in [0.15, 0.2) is 10.3 Å². The van der Waals surface area contributed by atoms with Crippen molar-refractivity contribution in [2.45, 2.75) is 35.0 Å². The van der Waals surface area contributed by atoms with Gasteiger partial charge in [-0.3, -0.25) is 0 Å². The van der Waals surface area contributed by atoms with E-state index in [4.69, 9.17) is 0 Å². The Hall–Kier alpha value is -6.51. The van der Waals surface area contributed by atoms with Crippen LogP contribution in [0.1, 0.15) is 22.3 Å². The minimum Gasteiger partial charge on any atom is -0.239 e. The van der Waals surface area contributed by atoms with E-state index in [1.54, 1.807) is 0 Å². The van der Waals surface area contributed by atoms with Crippen molar-refractivity contribution in [1.82, 2.24) is 39.2 Å². The van der Waals surface area contributed by atoms with E-state index in [1.807, 2.05) is 0 Å². The van der Waals surface area contributed by atoms with E-state index in [0.29, 0.717) is 0 Å². The van der Waals surface area contributed by atoms with Crippen LogP contribution in [0.25, 0.3) is 56.1 Å². The first-order valence-corrected chi connectivity index (χ1v) is 17.4. The normalized spacial score (nSPS) is 12.8. The first-order chi connectivity index (χ1) is 27.7. The molecule has 8 rings (SSSR count). The average Bonchev–Trinajstić information content (AvgIpc) is 3.76. The second-order valence-corrected chi connectivity index (χ2v) is 13.6. The molecule has 0 saturated heterocycles. The predicted octanol–water partition coefficient (Wildman–Crippen LogP) is 11.5. The van der Waals surface area contributed by atoms with Crippen LogP contribution in [0.5, 0.6) is 0 Å². The van der Waals surface area contributed by atoms with Gasteiger partial charge in [0.1, 0.15) is 11.4 Å². The molecule has 21 heteroatoms. The van der Waals surface area contributed by atoms with Crippen LogP contribution in [-0.4, -0.2) is 39.2 Å². The molecule has 8 aromatic rings. The first-order valence-electron chi connectivity index (χ1n) is 16.6. The van der Waals surface area contributed by atoms with Crippen LogP contribution in [0, 0.1) is 0 Å². The average molecular weight is 847 g/mol. The van der Waals surface area contributed by atoms with Crippen molar-refractivity contribution >= 4 is 22.8 Å². The Morgan fingerprint density at radius 1 is 0.407 bits per heavy atom. The third-order valence-electron chi connectivity index (χ3n) is 8.85. The molecule has 59 heavy (non-hydrogen) atoms. The molecule has 0 bridgehead atoms. The van der Waals surface area contributed by atoms with Crippen molar-refractivity contribution in [2.24, 2.45) is 0 Å². The largest absolute Gasteiger partial charge is 0.417 e. The molecule has 0 saturated carbocycles. The zero-order chi connectivity index (χ0) is 42.1. The molecule has 0 aliphatic rings. The first kappa shape index (κ1) is 39.3. The Balaban J connectivity index is 1.20. The van der Waals surface area contributed by atoms with Crippen molar-refractivity contribution < 1.29 is 52.7 Å². The number of aromatic nitrogens is 8. The van der Waals surface area contributed by atoms with Gasteiger partial charge in [0.2, 0.25) is 0 Å². The number of nitrogens with zero attached hydrogens (tertiary/aromatic N) is 8. The molecule has 0 fully saturated rings. The summed E-state index contributed by atoms with van der Waals surface area (Å²) in [6.45, 7) is 0. The monoisotopic (exact) mass is 846 g/mol. The van der Waals surface area contributed by atoms with Gasteiger partial charge < -0.3 is 0 Å². The number of hydrogen-bond donors (Lipinski definition) is 0. The fourth-order valence-corrected chi connectivity index (χ4v) is 6.80. The SMILES string of the molecule is FC(F)(F)c1ccc(-c2nn3cc(C(F)(F)F)ccc3c2-c2ccnc(Sc3nccc(-c4c(-c5ccc(C(F)(F)F)cc5)nn5cc(C(F)(F)F)ccc45)n3)n2)cc1. The van der Waals surface area contributed by atoms with Gasteiger partial charge in [-0.2, -0.15) is 62.9 Å². The maximum Gasteiger partial charge on any atom is 0.417 e. The van der Waals surface area contributed by atoms with Crippen LogP contribution in [0.15, 0.2) is 120 Å². The number of pyridine rings is 2. The highest BCUT2D eigenvalue weighted by Gasteiger charge is 2.34. The van der Waals surface area contributed by atoms with E-state index >= 15 is 0 Å². The molecule has 6 aromatic heterocycles. The molecular weight excluding hydrogens is 829 g/mol. The molecule has 0 atom stereocenters. The Labute approximate surface area is 326 Å². The number of hydrogen-bond acceptors (Lipinski definition) is 7. The third kappa shape index (κ3) is 7.76. The van der Waals surface area contributed by atoms with Gasteiger partial charge in [0, 0.05) is 35.9 Å². The molecule has 0 aliphatic heterocycles. The number of benzene rings is 2. The summed E-state index contributed by atoms with van der Waals surface area (Å²) in [5, 5.41) is 8.56. The molecule has 0 radical (unpaired) electrons. The summed E-state index contributed by atoms with van der Waals surface area (Å²) in [6, 6.07) is 14.4. The molecule has 0 amide bonds. The summed E-state index contributed by atoms with van der Waals surface area (Å²) in [7, 11) is 0. The van der Waals surface area contributed by atoms with Gasteiger partial charge in [-0.15, -0.1) is 0 Å². The summed E-state index contributed by atoms with van der Waals surface area (Å²) in [4.78, 5) is 17.6. The Morgan fingerprint density at radius 2 is 0.746 bits per heavy atom. The minimum atomic E-state index is -4.74. The van der Waals surface area contributed by atoms with E-state index in [-0.39, 0.29) is 66.4 Å². The van der Waals surface area contributed by atoms with Crippen molar-refractivity contribution in [3.05, 3.63) is 132 Å². The molecule has 300 valence electrons. The van der Waals surface area contributed by atoms with E-state index in [9.17, 15) is 52.7 Å².